The van der Waals surface area contributed by atoms with Gasteiger partial charge in [-0.1, -0.05) is 0 Å². The number of aromatic nitrogens is 1. The van der Waals surface area contributed by atoms with Crippen molar-refractivity contribution in [2.75, 3.05) is 19.7 Å². The summed E-state index contributed by atoms with van der Waals surface area (Å²) in [6.45, 7) is 3.32. The molecule has 0 unspecified atom stereocenters. The third-order valence-electron chi connectivity index (χ3n) is 3.52. The molecule has 0 aliphatic carbocycles. The third kappa shape index (κ3) is 3.23. The van der Waals surface area contributed by atoms with Crippen LogP contribution in [0.15, 0.2) is 16.7 Å². The number of carbonyl (C=O) groups is 2. The minimum atomic E-state index is -0.198. The Balaban J connectivity index is 2.07. The van der Waals surface area contributed by atoms with Crippen molar-refractivity contribution in [3.05, 3.63) is 22.4 Å². The number of carbonyl (C=O) groups excluding carboxylic acids is 2. The number of hydrogen-bond acceptors (Lipinski definition) is 3. The zero-order valence-corrected chi connectivity index (χ0v) is 13.4. The van der Waals surface area contributed by atoms with E-state index < -0.39 is 0 Å². The first-order valence-corrected chi connectivity index (χ1v) is 7.60. The second-order valence-corrected chi connectivity index (χ2v) is 5.91. The lowest BCUT2D eigenvalue weighted by Gasteiger charge is -2.31. The van der Waals surface area contributed by atoms with E-state index in [4.69, 9.17) is 4.74 Å². The van der Waals surface area contributed by atoms with Crippen molar-refractivity contribution in [3.63, 3.8) is 0 Å². The van der Waals surface area contributed by atoms with Crippen LogP contribution in [-0.2, 0) is 16.6 Å². The van der Waals surface area contributed by atoms with Gasteiger partial charge >= 0.3 is 5.97 Å². The highest BCUT2D eigenvalue weighted by atomic mass is 79.9. The number of rotatable bonds is 3. The van der Waals surface area contributed by atoms with E-state index in [0.717, 1.165) is 17.3 Å². The maximum Gasteiger partial charge on any atom is 0.310 e. The van der Waals surface area contributed by atoms with Gasteiger partial charge in [-0.3, -0.25) is 9.59 Å². The van der Waals surface area contributed by atoms with Crippen molar-refractivity contribution < 1.29 is 14.3 Å². The van der Waals surface area contributed by atoms with Crippen LogP contribution in [0.4, 0.5) is 0 Å². The molecular formula is C14H19BrN2O3. The molecule has 1 atom stereocenters. The average Bonchev–Trinajstić information content (AvgIpc) is 2.77. The summed E-state index contributed by atoms with van der Waals surface area (Å²) in [6, 6.07) is 1.80. The Bertz CT molecular complexity index is 513. The summed E-state index contributed by atoms with van der Waals surface area (Å²) in [5, 5.41) is 0. The van der Waals surface area contributed by atoms with Gasteiger partial charge < -0.3 is 14.2 Å². The topological polar surface area (TPSA) is 51.5 Å². The van der Waals surface area contributed by atoms with E-state index in [1.54, 1.807) is 22.5 Å². The first-order chi connectivity index (χ1) is 9.52. The van der Waals surface area contributed by atoms with Gasteiger partial charge in [-0.25, -0.2) is 0 Å². The standard InChI is InChI=1S/C14H19BrN2O3/c1-3-20-14(19)10-5-4-6-17(8-10)13(18)12-7-11(15)9-16(12)2/h7,9-10H,3-6,8H2,1-2H3/t10-/m0/s1. The molecule has 0 aromatic carbocycles. The Morgan fingerprint density at radius 3 is 2.85 bits per heavy atom. The number of esters is 1. The number of aryl methyl sites for hydroxylation is 1. The van der Waals surface area contributed by atoms with Crippen molar-refractivity contribution in [3.8, 4) is 0 Å². The van der Waals surface area contributed by atoms with Gasteiger partial charge in [0, 0.05) is 30.8 Å². The van der Waals surface area contributed by atoms with Gasteiger partial charge in [-0.2, -0.15) is 0 Å². The number of piperidine rings is 1. The van der Waals surface area contributed by atoms with E-state index in [0.29, 0.717) is 25.4 Å². The van der Waals surface area contributed by atoms with Crippen LogP contribution in [0, 0.1) is 5.92 Å². The summed E-state index contributed by atoms with van der Waals surface area (Å²) < 4.78 is 7.72. The Labute approximate surface area is 127 Å². The minimum absolute atomic E-state index is 0.0350. The molecule has 0 spiro atoms. The Morgan fingerprint density at radius 1 is 1.50 bits per heavy atom. The van der Waals surface area contributed by atoms with E-state index in [1.807, 2.05) is 13.2 Å². The van der Waals surface area contributed by atoms with Crippen LogP contribution < -0.4 is 0 Å². The molecule has 1 aliphatic heterocycles. The number of halogens is 1. The van der Waals surface area contributed by atoms with Crippen LogP contribution in [-0.4, -0.2) is 41.0 Å². The fraction of sp³-hybridized carbons (Fsp3) is 0.571. The van der Waals surface area contributed by atoms with Crippen molar-refractivity contribution in [2.45, 2.75) is 19.8 Å². The molecule has 1 amide bonds. The van der Waals surface area contributed by atoms with E-state index >= 15 is 0 Å². The molecule has 6 heteroatoms. The third-order valence-corrected chi connectivity index (χ3v) is 3.95. The molecule has 20 heavy (non-hydrogen) atoms. The monoisotopic (exact) mass is 342 g/mol. The SMILES string of the molecule is CCOC(=O)[C@H]1CCCN(C(=O)c2cc(Br)cn2C)C1. The fourth-order valence-corrected chi connectivity index (χ4v) is 3.04. The molecule has 5 nitrogen and oxygen atoms in total. The number of ether oxygens (including phenoxy) is 1. The van der Waals surface area contributed by atoms with Crippen LogP contribution in [0.1, 0.15) is 30.3 Å². The minimum Gasteiger partial charge on any atom is -0.466 e. The molecule has 0 N–H and O–H groups in total. The summed E-state index contributed by atoms with van der Waals surface area (Å²) in [7, 11) is 1.84. The highest BCUT2D eigenvalue weighted by molar-refractivity contribution is 9.10. The number of hydrogen-bond donors (Lipinski definition) is 0. The smallest absolute Gasteiger partial charge is 0.310 e. The largest absolute Gasteiger partial charge is 0.466 e. The lowest BCUT2D eigenvalue weighted by Crippen LogP contribution is -2.43. The van der Waals surface area contributed by atoms with Gasteiger partial charge in [0.2, 0.25) is 0 Å². The molecule has 1 aromatic rings. The Hall–Kier alpha value is -1.30. The van der Waals surface area contributed by atoms with Crippen LogP contribution in [0.2, 0.25) is 0 Å². The highest BCUT2D eigenvalue weighted by Gasteiger charge is 2.30. The molecule has 2 heterocycles. The fourth-order valence-electron chi connectivity index (χ4n) is 2.51. The van der Waals surface area contributed by atoms with E-state index in [1.165, 1.54) is 0 Å². The first-order valence-electron chi connectivity index (χ1n) is 6.80. The lowest BCUT2D eigenvalue weighted by atomic mass is 9.98. The summed E-state index contributed by atoms with van der Waals surface area (Å²) in [6.07, 6.45) is 3.47. The van der Waals surface area contributed by atoms with Crippen molar-refractivity contribution in [1.82, 2.24) is 9.47 Å². The molecule has 0 radical (unpaired) electrons. The summed E-state index contributed by atoms with van der Waals surface area (Å²) in [5.74, 6) is -0.429. The maximum absolute atomic E-state index is 12.5. The molecule has 110 valence electrons. The van der Waals surface area contributed by atoms with Gasteiger partial charge in [0.15, 0.2) is 0 Å². The van der Waals surface area contributed by atoms with Crippen LogP contribution in [0.5, 0.6) is 0 Å². The van der Waals surface area contributed by atoms with Gasteiger partial charge in [0.1, 0.15) is 5.69 Å². The summed E-state index contributed by atoms with van der Waals surface area (Å²) in [4.78, 5) is 26.0. The maximum atomic E-state index is 12.5. The van der Waals surface area contributed by atoms with Crippen molar-refractivity contribution in [2.24, 2.45) is 13.0 Å². The molecule has 1 fully saturated rings. The molecule has 0 saturated carbocycles. The predicted molar refractivity (Wildman–Crippen MR) is 78.4 cm³/mol. The van der Waals surface area contributed by atoms with Crippen LogP contribution in [0.3, 0.4) is 0 Å². The molecule has 0 bridgehead atoms. The number of nitrogens with zero attached hydrogens (tertiary/aromatic N) is 2. The highest BCUT2D eigenvalue weighted by Crippen LogP contribution is 2.21. The van der Waals surface area contributed by atoms with Crippen molar-refractivity contribution >= 4 is 27.8 Å². The van der Waals surface area contributed by atoms with Gasteiger partial charge in [-0.15, -0.1) is 0 Å². The Morgan fingerprint density at radius 2 is 2.25 bits per heavy atom. The normalized spacial score (nSPS) is 18.9. The van der Waals surface area contributed by atoms with Gasteiger partial charge in [0.25, 0.3) is 5.91 Å². The van der Waals surface area contributed by atoms with Gasteiger partial charge in [-0.05, 0) is 41.8 Å². The molecule has 1 saturated heterocycles. The zero-order valence-electron chi connectivity index (χ0n) is 11.8. The van der Waals surface area contributed by atoms with Crippen LogP contribution in [0.25, 0.3) is 0 Å². The molecule has 1 aliphatic rings. The van der Waals surface area contributed by atoms with E-state index in [9.17, 15) is 9.59 Å². The molecule has 2 rings (SSSR count). The number of amides is 1. The van der Waals surface area contributed by atoms with E-state index in [-0.39, 0.29) is 17.8 Å². The second-order valence-electron chi connectivity index (χ2n) is 5.00. The average molecular weight is 343 g/mol. The van der Waals surface area contributed by atoms with E-state index in [2.05, 4.69) is 15.9 Å². The predicted octanol–water partition coefficient (Wildman–Crippen LogP) is 2.20. The quantitative estimate of drug-likeness (QED) is 0.791. The number of likely N-dealkylation sites (tertiary alicyclic amines) is 1. The van der Waals surface area contributed by atoms with Crippen LogP contribution >= 0.6 is 15.9 Å². The second kappa shape index (κ2) is 6.43. The Kier molecular flexibility index (Phi) is 4.86. The molecule has 1 aromatic heterocycles. The zero-order chi connectivity index (χ0) is 14.7. The summed E-state index contributed by atoms with van der Waals surface area (Å²) >= 11 is 3.37. The molecular weight excluding hydrogens is 324 g/mol. The summed E-state index contributed by atoms with van der Waals surface area (Å²) in [5.41, 5.74) is 0.626. The van der Waals surface area contributed by atoms with Crippen molar-refractivity contribution in [1.29, 1.82) is 0 Å². The lowest BCUT2D eigenvalue weighted by molar-refractivity contribution is -0.149. The first kappa shape index (κ1) is 15.1. The van der Waals surface area contributed by atoms with Gasteiger partial charge in [0.05, 0.1) is 12.5 Å².